The molecule has 1 atom stereocenters. The van der Waals surface area contributed by atoms with E-state index in [-0.39, 0.29) is 40.8 Å². The first-order valence-corrected chi connectivity index (χ1v) is 18.9. The van der Waals surface area contributed by atoms with Crippen molar-refractivity contribution in [1.82, 2.24) is 24.6 Å². The summed E-state index contributed by atoms with van der Waals surface area (Å²) in [5, 5.41) is 3.39. The molecule has 57 heavy (non-hydrogen) atoms. The molecular weight excluding hydrogens is 729 g/mol. The Morgan fingerprint density at radius 2 is 1.65 bits per heavy atom. The van der Waals surface area contributed by atoms with Crippen molar-refractivity contribution in [3.8, 4) is 34.5 Å². The highest BCUT2D eigenvalue weighted by Crippen LogP contribution is 2.42. The molecule has 7 rings (SSSR count). The number of pyridine rings is 1. The van der Waals surface area contributed by atoms with Crippen LogP contribution in [0.1, 0.15) is 70.9 Å². The van der Waals surface area contributed by atoms with Gasteiger partial charge in [0.1, 0.15) is 17.5 Å². The number of piperidine rings is 2. The van der Waals surface area contributed by atoms with Crippen molar-refractivity contribution in [2.24, 2.45) is 17.5 Å². The highest BCUT2D eigenvalue weighted by molar-refractivity contribution is 6.23. The first-order chi connectivity index (χ1) is 27.4. The number of hydrogen-bond acceptors (Lipinski definition) is 10. The van der Waals surface area contributed by atoms with Gasteiger partial charge in [-0.05, 0) is 98.9 Å². The normalized spacial score (nSPS) is 19.8. The number of likely N-dealkylation sites (tertiary alicyclic amines) is 2. The number of carbonyl (C=O) groups is 5. The van der Waals surface area contributed by atoms with Crippen LogP contribution in [-0.2, 0) is 28.0 Å². The number of aryl methyl sites for hydroxylation is 1. The van der Waals surface area contributed by atoms with Gasteiger partial charge < -0.3 is 18.9 Å². The maximum absolute atomic E-state index is 13.3. The fourth-order valence-corrected chi connectivity index (χ4v) is 8.50. The second kappa shape index (κ2) is 15.7. The minimum absolute atomic E-state index is 0.0168. The Kier molecular flexibility index (Phi) is 10.7. The smallest absolute Gasteiger partial charge is 0.298 e. The van der Waals surface area contributed by atoms with Crippen LogP contribution in [0.15, 0.2) is 46.3 Å². The van der Waals surface area contributed by atoms with E-state index in [0.717, 1.165) is 59.2 Å². The summed E-state index contributed by atoms with van der Waals surface area (Å²) < 4.78 is 13.4. The third-order valence-corrected chi connectivity index (χ3v) is 11.7. The van der Waals surface area contributed by atoms with Crippen LogP contribution in [-0.4, -0.2) is 102 Å². The van der Waals surface area contributed by atoms with Crippen molar-refractivity contribution in [3.05, 3.63) is 79.6 Å². The Morgan fingerprint density at radius 1 is 0.965 bits per heavy atom. The van der Waals surface area contributed by atoms with Crippen LogP contribution in [0.25, 0.3) is 23.4 Å². The van der Waals surface area contributed by atoms with Gasteiger partial charge in [0.05, 0.1) is 36.1 Å². The fraction of sp³-hybridized carbons (Fsp3) is 0.372. The van der Waals surface area contributed by atoms with E-state index < -0.39 is 29.7 Å². The molecule has 2 aromatic carbocycles. The van der Waals surface area contributed by atoms with Crippen molar-refractivity contribution in [2.45, 2.75) is 51.6 Å². The van der Waals surface area contributed by atoms with Crippen LogP contribution in [0.4, 0.5) is 0 Å². The van der Waals surface area contributed by atoms with E-state index in [9.17, 15) is 28.8 Å². The van der Waals surface area contributed by atoms with Crippen molar-refractivity contribution in [2.75, 3.05) is 40.4 Å². The van der Waals surface area contributed by atoms with E-state index in [4.69, 9.17) is 9.47 Å². The predicted molar refractivity (Wildman–Crippen MR) is 212 cm³/mol. The van der Waals surface area contributed by atoms with Crippen molar-refractivity contribution in [3.63, 3.8) is 0 Å². The van der Waals surface area contributed by atoms with Gasteiger partial charge >= 0.3 is 0 Å². The van der Waals surface area contributed by atoms with Gasteiger partial charge in [0.2, 0.25) is 11.8 Å². The Morgan fingerprint density at radius 3 is 2.30 bits per heavy atom. The van der Waals surface area contributed by atoms with Crippen molar-refractivity contribution in [1.29, 1.82) is 0 Å². The summed E-state index contributed by atoms with van der Waals surface area (Å²) in [6.45, 7) is 8.87. The van der Waals surface area contributed by atoms with Crippen LogP contribution < -0.4 is 30.8 Å². The van der Waals surface area contributed by atoms with Crippen LogP contribution in [0.3, 0.4) is 0 Å². The first-order valence-electron chi connectivity index (χ1n) is 18.9. The third-order valence-electron chi connectivity index (χ3n) is 11.7. The number of fused-ring (bicyclic) bond motifs is 1. The molecule has 0 bridgehead atoms. The largest absolute Gasteiger partial charge is 0.496 e. The number of nitrogens with one attached hydrogen (secondary N) is 1. The molecule has 1 aromatic heterocycles. The van der Waals surface area contributed by atoms with Crippen LogP contribution in [0.5, 0.6) is 11.5 Å². The number of imide groups is 2. The molecule has 1 spiro atoms. The van der Waals surface area contributed by atoms with Crippen molar-refractivity contribution < 1.29 is 33.4 Å². The zero-order valence-electron chi connectivity index (χ0n) is 32.5. The lowest BCUT2D eigenvalue weighted by Gasteiger charge is -2.39. The number of methoxy groups -OCH3 is 2. The second-order valence-electron chi connectivity index (χ2n) is 15.0. The van der Waals surface area contributed by atoms with Gasteiger partial charge in [0, 0.05) is 62.5 Å². The minimum atomic E-state index is -1.06. The molecule has 14 heteroatoms. The zero-order valence-corrected chi connectivity index (χ0v) is 32.5. The van der Waals surface area contributed by atoms with Gasteiger partial charge in [0.25, 0.3) is 23.3 Å². The molecule has 5 heterocycles. The second-order valence-corrected chi connectivity index (χ2v) is 15.0. The standard InChI is InChI=1S/C43H44N6O8/c1-6-28-31(22-44-2)40(53)46(3)23-32(28)27-20-35(56-4)33(36(21-27)57-5)24-47-16-13-43(14-17-47)15-18-48(25-43)38(51)12-8-26-7-9-29-30(19-26)42(55)49(41(29)54)34-10-11-37(50)45-39(34)52/h6-7,9,19-23,34H,2,10-11,13-18,24-25H2,1,3-5H3,(H,45,50,52)/b28-6+,31-22+. The Hall–Kier alpha value is -6.33. The summed E-state index contributed by atoms with van der Waals surface area (Å²) in [6.07, 6.45) is 7.95. The van der Waals surface area contributed by atoms with Gasteiger partial charge in [-0.2, -0.15) is 0 Å². The topological polar surface area (TPSA) is 160 Å². The average molecular weight is 773 g/mol. The van der Waals surface area contributed by atoms with Gasteiger partial charge in [-0.1, -0.05) is 12.0 Å². The Labute approximate surface area is 329 Å². The van der Waals surface area contributed by atoms with Crippen LogP contribution in [0.2, 0.25) is 0 Å². The monoisotopic (exact) mass is 772 g/mol. The maximum atomic E-state index is 13.3. The molecule has 3 aromatic rings. The molecule has 1 unspecified atom stereocenters. The van der Waals surface area contributed by atoms with E-state index in [1.54, 1.807) is 38.4 Å². The number of rotatable bonds is 7. The number of aromatic nitrogens is 1. The molecular formula is C43H44N6O8. The van der Waals surface area contributed by atoms with E-state index >= 15 is 0 Å². The van der Waals surface area contributed by atoms with Crippen LogP contribution in [0, 0.1) is 17.3 Å². The fourth-order valence-electron chi connectivity index (χ4n) is 8.50. The Balaban J connectivity index is 1.00. The molecule has 294 valence electrons. The number of hydrogen-bond donors (Lipinski definition) is 1. The van der Waals surface area contributed by atoms with E-state index in [0.29, 0.717) is 41.9 Å². The van der Waals surface area contributed by atoms with Gasteiger partial charge in [-0.3, -0.25) is 48.9 Å². The molecule has 3 saturated heterocycles. The summed E-state index contributed by atoms with van der Waals surface area (Å²) >= 11 is 0. The summed E-state index contributed by atoms with van der Waals surface area (Å²) in [5.41, 5.74) is 3.08. The number of aliphatic imine (C=N–C) groups is 1. The number of carbonyl (C=O) groups excluding carboxylic acids is 5. The number of ether oxygens (including phenoxy) is 2. The number of benzene rings is 2. The van der Waals surface area contributed by atoms with E-state index in [2.05, 4.69) is 33.8 Å². The first kappa shape index (κ1) is 38.9. The summed E-state index contributed by atoms with van der Waals surface area (Å²) in [7, 11) is 4.98. The molecule has 4 aliphatic heterocycles. The molecule has 14 nitrogen and oxygen atoms in total. The molecule has 3 fully saturated rings. The highest BCUT2D eigenvalue weighted by Gasteiger charge is 2.45. The molecule has 4 aliphatic rings. The van der Waals surface area contributed by atoms with Gasteiger partial charge in [0.15, 0.2) is 0 Å². The zero-order chi connectivity index (χ0) is 40.6. The Bertz CT molecular complexity index is 2460. The lowest BCUT2D eigenvalue weighted by atomic mass is 9.77. The molecule has 1 N–H and O–H groups in total. The van der Waals surface area contributed by atoms with E-state index in [1.165, 1.54) is 22.9 Å². The summed E-state index contributed by atoms with van der Waals surface area (Å²) in [4.78, 5) is 85.4. The number of amides is 5. The SMILES string of the molecule is C=N/C=c1/c(=O)n(C)cc(-c2cc(OC)c(CN3CCC4(CC3)CCN(C(=O)C#Cc3ccc5c(c3)C(=O)N(C3CCC(=O)NC3=O)C5=O)C4)c(OC)c2)/c1=C/C. The van der Waals surface area contributed by atoms with Crippen molar-refractivity contribution >= 4 is 48.5 Å². The molecule has 0 aliphatic carbocycles. The van der Waals surface area contributed by atoms with E-state index in [1.807, 2.05) is 25.1 Å². The lowest BCUT2D eigenvalue weighted by Crippen LogP contribution is -2.54. The average Bonchev–Trinajstić information content (AvgIpc) is 3.73. The lowest BCUT2D eigenvalue weighted by molar-refractivity contribution is -0.136. The maximum Gasteiger partial charge on any atom is 0.298 e. The predicted octanol–water partition coefficient (Wildman–Crippen LogP) is 1.58. The number of nitrogens with zero attached hydrogens (tertiary/aromatic N) is 5. The summed E-state index contributed by atoms with van der Waals surface area (Å²) in [6, 6.07) is 7.43. The third kappa shape index (κ3) is 7.26. The summed E-state index contributed by atoms with van der Waals surface area (Å²) in [5.74, 6) is 4.32. The quantitative estimate of drug-likeness (QED) is 0.214. The van der Waals surface area contributed by atoms with Crippen LogP contribution >= 0.6 is 0 Å². The minimum Gasteiger partial charge on any atom is -0.496 e. The highest BCUT2D eigenvalue weighted by atomic mass is 16.5. The van der Waals surface area contributed by atoms with Gasteiger partial charge in [-0.15, -0.1) is 0 Å². The molecule has 5 amide bonds. The van der Waals surface area contributed by atoms with Gasteiger partial charge in [-0.25, -0.2) is 0 Å². The molecule has 0 saturated carbocycles. The molecule has 0 radical (unpaired) electrons.